The zero-order chi connectivity index (χ0) is 19.3. The van der Waals surface area contributed by atoms with Gasteiger partial charge in [-0.2, -0.15) is 0 Å². The highest BCUT2D eigenvalue weighted by molar-refractivity contribution is 7.89. The van der Waals surface area contributed by atoms with E-state index in [-0.39, 0.29) is 11.3 Å². The van der Waals surface area contributed by atoms with Gasteiger partial charge in [0.1, 0.15) is 5.82 Å². The fourth-order valence-electron chi connectivity index (χ4n) is 2.08. The molecule has 1 atom stereocenters. The lowest BCUT2D eigenvalue weighted by atomic mass is 10.1. The molecule has 0 radical (unpaired) electrons. The van der Waals surface area contributed by atoms with Gasteiger partial charge in [-0.1, -0.05) is 12.1 Å². The summed E-state index contributed by atoms with van der Waals surface area (Å²) in [7, 11) is -3.82. The molecule has 26 heavy (non-hydrogen) atoms. The van der Waals surface area contributed by atoms with Crippen LogP contribution in [0.15, 0.2) is 53.4 Å². The average Bonchev–Trinajstić information content (AvgIpc) is 2.54. The molecule has 7 nitrogen and oxygen atoms in total. The molecule has 9 heteroatoms. The van der Waals surface area contributed by atoms with E-state index in [1.807, 2.05) is 0 Å². The smallest absolute Gasteiger partial charge is 0.311 e. The van der Waals surface area contributed by atoms with Gasteiger partial charge in [0, 0.05) is 5.69 Å². The number of anilines is 1. The Hall–Kier alpha value is -2.78. The second-order valence-corrected chi connectivity index (χ2v) is 7.06. The van der Waals surface area contributed by atoms with Crippen LogP contribution >= 0.6 is 0 Å². The van der Waals surface area contributed by atoms with E-state index < -0.39 is 33.8 Å². The van der Waals surface area contributed by atoms with E-state index in [0.29, 0.717) is 11.3 Å². The summed E-state index contributed by atoms with van der Waals surface area (Å²) in [6, 6.07) is 10.7. The molecule has 0 saturated carbocycles. The molecule has 3 N–H and O–H groups in total. The largest absolute Gasteiger partial charge is 0.452 e. The highest BCUT2D eigenvalue weighted by atomic mass is 32.2. The number of primary sulfonamides is 1. The normalized spacial score (nSPS) is 12.3. The molecule has 138 valence electrons. The molecular formula is C17H17FN2O5S. The van der Waals surface area contributed by atoms with Crippen LogP contribution in [0.2, 0.25) is 0 Å². The molecule has 0 fully saturated rings. The van der Waals surface area contributed by atoms with Crippen LogP contribution in [0, 0.1) is 5.82 Å². The van der Waals surface area contributed by atoms with Gasteiger partial charge in [-0.25, -0.2) is 17.9 Å². The topological polar surface area (TPSA) is 116 Å². The predicted octanol–water partition coefficient (Wildman–Crippen LogP) is 1.59. The summed E-state index contributed by atoms with van der Waals surface area (Å²) in [5.74, 6) is -1.74. The predicted molar refractivity (Wildman–Crippen MR) is 92.1 cm³/mol. The van der Waals surface area contributed by atoms with Gasteiger partial charge in [-0.05, 0) is 48.9 Å². The molecule has 0 saturated heterocycles. The van der Waals surface area contributed by atoms with E-state index in [1.54, 1.807) is 6.07 Å². The Morgan fingerprint density at radius 3 is 2.42 bits per heavy atom. The summed E-state index contributed by atoms with van der Waals surface area (Å²) >= 11 is 0. The van der Waals surface area contributed by atoms with Crippen LogP contribution in [0.3, 0.4) is 0 Å². The van der Waals surface area contributed by atoms with Gasteiger partial charge in [0.15, 0.2) is 6.10 Å². The Bertz CT molecular complexity index is 913. The third kappa shape index (κ3) is 5.64. The number of rotatable bonds is 6. The van der Waals surface area contributed by atoms with Gasteiger partial charge < -0.3 is 10.1 Å². The van der Waals surface area contributed by atoms with E-state index in [9.17, 15) is 22.4 Å². The van der Waals surface area contributed by atoms with Crippen LogP contribution in [0.5, 0.6) is 0 Å². The number of nitrogens with one attached hydrogen (secondary N) is 1. The third-order valence-corrected chi connectivity index (χ3v) is 4.29. The van der Waals surface area contributed by atoms with Gasteiger partial charge in [0.25, 0.3) is 5.91 Å². The lowest BCUT2D eigenvalue weighted by Crippen LogP contribution is -2.30. The van der Waals surface area contributed by atoms with Gasteiger partial charge in [0.05, 0.1) is 11.3 Å². The maximum Gasteiger partial charge on any atom is 0.311 e. The summed E-state index contributed by atoms with van der Waals surface area (Å²) < 4.78 is 40.5. The van der Waals surface area contributed by atoms with Crippen molar-refractivity contribution in [2.24, 2.45) is 5.14 Å². The van der Waals surface area contributed by atoms with Crippen LogP contribution < -0.4 is 10.5 Å². The van der Waals surface area contributed by atoms with Crippen molar-refractivity contribution in [3.05, 3.63) is 59.9 Å². The van der Waals surface area contributed by atoms with Gasteiger partial charge in [-0.15, -0.1) is 0 Å². The minimum atomic E-state index is -3.82. The average molecular weight is 380 g/mol. The maximum atomic E-state index is 13.1. The number of ether oxygens (including phenoxy) is 1. The summed E-state index contributed by atoms with van der Waals surface area (Å²) in [4.78, 5) is 23.8. The summed E-state index contributed by atoms with van der Waals surface area (Å²) in [5, 5.41) is 7.47. The number of carbonyl (C=O) groups is 2. The van der Waals surface area contributed by atoms with E-state index >= 15 is 0 Å². The van der Waals surface area contributed by atoms with Crippen molar-refractivity contribution in [1.82, 2.24) is 0 Å². The van der Waals surface area contributed by atoms with Gasteiger partial charge in [0.2, 0.25) is 10.0 Å². The Morgan fingerprint density at radius 2 is 1.85 bits per heavy atom. The van der Waals surface area contributed by atoms with E-state index in [2.05, 4.69) is 5.32 Å². The molecule has 2 aromatic rings. The third-order valence-electron chi connectivity index (χ3n) is 3.37. The van der Waals surface area contributed by atoms with Crippen LogP contribution in [0.25, 0.3) is 0 Å². The number of hydrogen-bond donors (Lipinski definition) is 2. The first-order valence-corrected chi connectivity index (χ1v) is 9.07. The molecule has 1 amide bonds. The van der Waals surface area contributed by atoms with E-state index in [4.69, 9.17) is 9.88 Å². The lowest BCUT2D eigenvalue weighted by molar-refractivity contribution is -0.152. The SMILES string of the molecule is C[C@H](OC(=O)Cc1cccc(F)c1)C(=O)Nc1ccc(S(N)(=O)=O)cc1. The van der Waals surface area contributed by atoms with Crippen LogP contribution in [-0.4, -0.2) is 26.4 Å². The molecule has 2 aromatic carbocycles. The quantitative estimate of drug-likeness (QED) is 0.739. The number of carbonyl (C=O) groups excluding carboxylic acids is 2. The van der Waals surface area contributed by atoms with E-state index in [0.717, 1.165) is 0 Å². The standard InChI is InChI=1S/C17H17FN2O5S/c1-11(25-16(21)10-12-3-2-4-13(18)9-12)17(22)20-14-5-7-15(8-6-14)26(19,23)24/h2-9,11H,10H2,1H3,(H,20,22)(H2,19,23,24)/t11-/m0/s1. The van der Waals surface area contributed by atoms with Gasteiger partial charge in [-0.3, -0.25) is 9.59 Å². The second-order valence-electron chi connectivity index (χ2n) is 5.50. The highest BCUT2D eigenvalue weighted by Gasteiger charge is 2.18. The summed E-state index contributed by atoms with van der Waals surface area (Å²) in [5.41, 5.74) is 0.747. The van der Waals surface area contributed by atoms with E-state index in [1.165, 1.54) is 49.4 Å². The Morgan fingerprint density at radius 1 is 1.19 bits per heavy atom. The first-order valence-electron chi connectivity index (χ1n) is 7.53. The van der Waals surface area contributed by atoms with Crippen molar-refractivity contribution in [1.29, 1.82) is 0 Å². The number of esters is 1. The summed E-state index contributed by atoms with van der Waals surface area (Å²) in [6.45, 7) is 1.39. The Kier molecular flexibility index (Phi) is 6.06. The highest BCUT2D eigenvalue weighted by Crippen LogP contribution is 2.13. The number of amides is 1. The number of halogens is 1. The second kappa shape index (κ2) is 8.07. The first-order chi connectivity index (χ1) is 12.1. The first kappa shape index (κ1) is 19.5. The van der Waals surface area contributed by atoms with Crippen molar-refractivity contribution in [3.63, 3.8) is 0 Å². The number of hydrogen-bond acceptors (Lipinski definition) is 5. The molecule has 0 aliphatic carbocycles. The van der Waals surface area contributed by atoms with Crippen molar-refractivity contribution < 1.29 is 27.1 Å². The van der Waals surface area contributed by atoms with Crippen molar-refractivity contribution in [2.45, 2.75) is 24.3 Å². The maximum absolute atomic E-state index is 13.1. The molecule has 0 spiro atoms. The number of sulfonamides is 1. The lowest BCUT2D eigenvalue weighted by Gasteiger charge is -2.14. The Balaban J connectivity index is 1.91. The number of nitrogens with two attached hydrogens (primary N) is 1. The van der Waals surface area contributed by atoms with Crippen LogP contribution in [0.1, 0.15) is 12.5 Å². The van der Waals surface area contributed by atoms with Crippen molar-refractivity contribution in [2.75, 3.05) is 5.32 Å². The van der Waals surface area contributed by atoms with Crippen LogP contribution in [-0.2, 0) is 30.8 Å². The minimum Gasteiger partial charge on any atom is -0.452 e. The van der Waals surface area contributed by atoms with Gasteiger partial charge >= 0.3 is 5.97 Å². The fourth-order valence-corrected chi connectivity index (χ4v) is 2.59. The summed E-state index contributed by atoms with van der Waals surface area (Å²) in [6.07, 6.45) is -1.26. The zero-order valence-corrected chi connectivity index (χ0v) is 14.6. The molecule has 0 aliphatic rings. The molecular weight excluding hydrogens is 363 g/mol. The molecule has 0 unspecified atom stereocenters. The Labute approximate surface area is 150 Å². The van der Waals surface area contributed by atoms with Crippen LogP contribution in [0.4, 0.5) is 10.1 Å². The monoisotopic (exact) mass is 380 g/mol. The molecule has 0 bridgehead atoms. The minimum absolute atomic E-state index is 0.0925. The molecule has 2 rings (SSSR count). The molecule has 0 aliphatic heterocycles. The molecule has 0 aromatic heterocycles. The molecule has 0 heterocycles. The number of benzene rings is 2. The zero-order valence-electron chi connectivity index (χ0n) is 13.8. The fraction of sp³-hybridized carbons (Fsp3) is 0.176. The van der Waals surface area contributed by atoms with Crippen molar-refractivity contribution >= 4 is 27.6 Å². The van der Waals surface area contributed by atoms with Crippen molar-refractivity contribution in [3.8, 4) is 0 Å².